The number of pyridine rings is 1. The maximum Gasteiger partial charge on any atom is 0.416 e. The fourth-order valence-electron chi connectivity index (χ4n) is 3.47. The van der Waals surface area contributed by atoms with Crippen LogP contribution >= 0.6 is 0 Å². The molecular weight excluding hydrogens is 447 g/mol. The van der Waals surface area contributed by atoms with Crippen LogP contribution in [0.5, 0.6) is 0 Å². The molecule has 0 aliphatic heterocycles. The van der Waals surface area contributed by atoms with Gasteiger partial charge in [-0.2, -0.15) is 13.2 Å². The van der Waals surface area contributed by atoms with Crippen molar-refractivity contribution < 1.29 is 22.8 Å². The van der Waals surface area contributed by atoms with E-state index in [9.17, 15) is 27.6 Å². The molecule has 0 atom stereocenters. The monoisotopic (exact) mass is 469 g/mol. The molecular formula is C25H22F3N3O3. The summed E-state index contributed by atoms with van der Waals surface area (Å²) in [6.07, 6.45) is 0.196. The maximum atomic E-state index is 13.0. The minimum atomic E-state index is -4.45. The van der Waals surface area contributed by atoms with Crippen LogP contribution in [0, 0.1) is 0 Å². The maximum absolute atomic E-state index is 13.0. The zero-order valence-electron chi connectivity index (χ0n) is 18.1. The Morgan fingerprint density at radius 2 is 1.32 bits per heavy atom. The summed E-state index contributed by atoms with van der Waals surface area (Å²) in [5, 5.41) is 5.27. The zero-order chi connectivity index (χ0) is 24.3. The Morgan fingerprint density at radius 3 is 1.79 bits per heavy atom. The van der Waals surface area contributed by atoms with E-state index in [1.54, 1.807) is 4.57 Å². The molecule has 1 aromatic heterocycles. The van der Waals surface area contributed by atoms with Crippen LogP contribution in [0.25, 0.3) is 0 Å². The number of halogens is 3. The van der Waals surface area contributed by atoms with E-state index in [-0.39, 0.29) is 30.3 Å². The molecule has 0 spiro atoms. The number of aromatic nitrogens is 1. The van der Waals surface area contributed by atoms with Crippen molar-refractivity contribution >= 4 is 11.8 Å². The van der Waals surface area contributed by atoms with Gasteiger partial charge in [0.05, 0.1) is 5.56 Å². The number of alkyl halides is 3. The van der Waals surface area contributed by atoms with E-state index in [0.29, 0.717) is 5.56 Å². The highest BCUT2D eigenvalue weighted by atomic mass is 19.4. The Labute approximate surface area is 193 Å². The van der Waals surface area contributed by atoms with Gasteiger partial charge < -0.3 is 15.2 Å². The first-order chi connectivity index (χ1) is 16.2. The quantitative estimate of drug-likeness (QED) is 0.548. The lowest BCUT2D eigenvalue weighted by Gasteiger charge is -2.12. The van der Waals surface area contributed by atoms with Gasteiger partial charge in [0.25, 0.3) is 11.8 Å². The lowest BCUT2D eigenvalue weighted by Crippen LogP contribution is -2.35. The smallest absolute Gasteiger partial charge is 0.349 e. The predicted octanol–water partition coefficient (Wildman–Crippen LogP) is 4.06. The standard InChI is InChI=1S/C25H22F3N3O3/c26-25(27,28)18-8-6-17(7-9-18)13-30-24(34)21-15-31(19-10-11-19)14-20(22(21)32)23(33)29-12-16-4-2-1-3-5-16/h1-9,14-15,19H,10-13H2,(H,29,33)(H,30,34). The van der Waals surface area contributed by atoms with E-state index in [2.05, 4.69) is 10.6 Å². The van der Waals surface area contributed by atoms with Gasteiger partial charge in [-0.15, -0.1) is 0 Å². The van der Waals surface area contributed by atoms with Crippen molar-refractivity contribution in [1.82, 2.24) is 15.2 Å². The molecule has 9 heteroatoms. The largest absolute Gasteiger partial charge is 0.416 e. The molecule has 2 N–H and O–H groups in total. The van der Waals surface area contributed by atoms with E-state index in [1.807, 2.05) is 30.3 Å². The second-order valence-corrected chi connectivity index (χ2v) is 8.14. The van der Waals surface area contributed by atoms with Gasteiger partial charge in [-0.1, -0.05) is 42.5 Å². The van der Waals surface area contributed by atoms with Gasteiger partial charge in [0.2, 0.25) is 5.43 Å². The van der Waals surface area contributed by atoms with Crippen molar-refractivity contribution in [3.8, 4) is 0 Å². The molecule has 1 aliphatic carbocycles. The molecule has 4 rings (SSSR count). The minimum absolute atomic E-state index is 0.0652. The van der Waals surface area contributed by atoms with Crippen molar-refractivity contribution in [2.45, 2.75) is 38.1 Å². The van der Waals surface area contributed by atoms with Crippen LogP contribution in [0.1, 0.15) is 56.3 Å². The van der Waals surface area contributed by atoms with E-state index in [4.69, 9.17) is 0 Å². The Morgan fingerprint density at radius 1 is 0.824 bits per heavy atom. The van der Waals surface area contributed by atoms with Crippen molar-refractivity contribution in [1.29, 1.82) is 0 Å². The van der Waals surface area contributed by atoms with Crippen LogP contribution in [-0.2, 0) is 19.3 Å². The van der Waals surface area contributed by atoms with Crippen LogP contribution in [0.2, 0.25) is 0 Å². The highest BCUT2D eigenvalue weighted by Gasteiger charge is 2.30. The molecule has 34 heavy (non-hydrogen) atoms. The lowest BCUT2D eigenvalue weighted by molar-refractivity contribution is -0.137. The lowest BCUT2D eigenvalue weighted by atomic mass is 10.1. The summed E-state index contributed by atoms with van der Waals surface area (Å²) in [5.74, 6) is -1.28. The zero-order valence-corrected chi connectivity index (χ0v) is 18.1. The average Bonchev–Trinajstić information content (AvgIpc) is 3.67. The van der Waals surface area contributed by atoms with E-state index < -0.39 is 29.0 Å². The van der Waals surface area contributed by atoms with Crippen LogP contribution in [0.15, 0.2) is 71.8 Å². The summed E-state index contributed by atoms with van der Waals surface area (Å²) in [6.45, 7) is 0.164. The first kappa shape index (κ1) is 23.3. The second-order valence-electron chi connectivity index (χ2n) is 8.14. The third-order valence-electron chi connectivity index (χ3n) is 5.53. The van der Waals surface area contributed by atoms with E-state index >= 15 is 0 Å². The second kappa shape index (κ2) is 9.54. The highest BCUT2D eigenvalue weighted by Crippen LogP contribution is 2.34. The van der Waals surface area contributed by atoms with Gasteiger partial charge in [-0.05, 0) is 36.1 Å². The number of amides is 2. The fraction of sp³-hybridized carbons (Fsp3) is 0.240. The number of nitrogens with one attached hydrogen (secondary N) is 2. The summed E-state index contributed by atoms with van der Waals surface area (Å²) >= 11 is 0. The molecule has 176 valence electrons. The van der Waals surface area contributed by atoms with Crippen molar-refractivity contribution in [3.05, 3.63) is 105 Å². The minimum Gasteiger partial charge on any atom is -0.349 e. The summed E-state index contributed by atoms with van der Waals surface area (Å²) < 4.78 is 39.9. The first-order valence-electron chi connectivity index (χ1n) is 10.7. The molecule has 6 nitrogen and oxygen atoms in total. The van der Waals surface area contributed by atoms with Crippen molar-refractivity contribution in [2.24, 2.45) is 0 Å². The summed E-state index contributed by atoms with van der Waals surface area (Å²) in [5.41, 5.74) is -0.503. The van der Waals surface area contributed by atoms with Gasteiger partial charge in [-0.25, -0.2) is 0 Å². The van der Waals surface area contributed by atoms with Gasteiger partial charge in [0, 0.05) is 31.5 Å². The number of carbonyl (C=O) groups excluding carboxylic acids is 2. The molecule has 3 aromatic rings. The van der Waals surface area contributed by atoms with Crippen LogP contribution in [-0.4, -0.2) is 16.4 Å². The summed E-state index contributed by atoms with van der Waals surface area (Å²) in [7, 11) is 0. The number of rotatable bonds is 7. The van der Waals surface area contributed by atoms with Gasteiger partial charge in [-0.3, -0.25) is 14.4 Å². The topological polar surface area (TPSA) is 80.2 Å². The number of hydrogen-bond acceptors (Lipinski definition) is 3. The fourth-order valence-corrected chi connectivity index (χ4v) is 3.47. The highest BCUT2D eigenvalue weighted by molar-refractivity contribution is 5.99. The molecule has 0 saturated heterocycles. The first-order valence-corrected chi connectivity index (χ1v) is 10.7. The Bertz CT molecular complexity index is 1250. The Balaban J connectivity index is 1.50. The predicted molar refractivity (Wildman–Crippen MR) is 119 cm³/mol. The van der Waals surface area contributed by atoms with Crippen LogP contribution in [0.4, 0.5) is 13.2 Å². The number of carbonyl (C=O) groups is 2. The molecule has 2 amide bonds. The van der Waals surface area contributed by atoms with E-state index in [0.717, 1.165) is 30.5 Å². The summed E-state index contributed by atoms with van der Waals surface area (Å²) in [6, 6.07) is 13.7. The normalized spacial score (nSPS) is 13.4. The molecule has 2 aromatic carbocycles. The van der Waals surface area contributed by atoms with Gasteiger partial charge in [0.1, 0.15) is 11.1 Å². The molecule has 0 bridgehead atoms. The Kier molecular flexibility index (Phi) is 6.54. The number of hydrogen-bond donors (Lipinski definition) is 2. The molecule has 1 aliphatic rings. The van der Waals surface area contributed by atoms with Gasteiger partial charge >= 0.3 is 6.18 Å². The Hall–Kier alpha value is -3.88. The number of benzene rings is 2. The third-order valence-corrected chi connectivity index (χ3v) is 5.53. The SMILES string of the molecule is O=C(NCc1ccccc1)c1cn(C2CC2)cc(C(=O)NCc2ccc(C(F)(F)F)cc2)c1=O. The molecule has 1 saturated carbocycles. The molecule has 0 radical (unpaired) electrons. The van der Waals surface area contributed by atoms with Gasteiger partial charge in [0.15, 0.2) is 0 Å². The summed E-state index contributed by atoms with van der Waals surface area (Å²) in [4.78, 5) is 38.5. The molecule has 0 unspecified atom stereocenters. The number of nitrogens with zero attached hydrogens (tertiary/aromatic N) is 1. The third kappa shape index (κ3) is 5.54. The van der Waals surface area contributed by atoms with E-state index in [1.165, 1.54) is 24.5 Å². The molecule has 1 heterocycles. The van der Waals surface area contributed by atoms with Crippen molar-refractivity contribution in [3.63, 3.8) is 0 Å². The van der Waals surface area contributed by atoms with Crippen LogP contribution < -0.4 is 16.1 Å². The molecule has 1 fully saturated rings. The van der Waals surface area contributed by atoms with Crippen molar-refractivity contribution in [2.75, 3.05) is 0 Å². The average molecular weight is 469 g/mol. The van der Waals surface area contributed by atoms with Crippen LogP contribution in [0.3, 0.4) is 0 Å².